The van der Waals surface area contributed by atoms with E-state index in [9.17, 15) is 13.2 Å². The summed E-state index contributed by atoms with van der Waals surface area (Å²) in [5.74, 6) is -0.416. The van der Waals surface area contributed by atoms with Gasteiger partial charge in [-0.15, -0.1) is 0 Å². The van der Waals surface area contributed by atoms with Crippen LogP contribution in [0, 0.1) is 6.92 Å². The second-order valence-corrected chi connectivity index (χ2v) is 6.35. The van der Waals surface area contributed by atoms with E-state index in [0.29, 0.717) is 5.69 Å². The lowest BCUT2D eigenvalue weighted by Gasteiger charge is -2.14. The molecule has 0 amide bonds. The van der Waals surface area contributed by atoms with Crippen LogP contribution in [-0.4, -0.2) is 46.4 Å². The number of hydrogen-bond donors (Lipinski definition) is 1. The van der Waals surface area contributed by atoms with Gasteiger partial charge in [-0.1, -0.05) is 6.07 Å². The van der Waals surface area contributed by atoms with Crippen LogP contribution in [-0.2, 0) is 19.6 Å². The van der Waals surface area contributed by atoms with Crippen LogP contribution in [0.2, 0.25) is 0 Å². The Kier molecular flexibility index (Phi) is 4.90. The molecule has 1 aromatic carbocycles. The molecule has 19 heavy (non-hydrogen) atoms. The first-order chi connectivity index (χ1) is 8.78. The maximum atomic E-state index is 12.0. The Morgan fingerprint density at radius 3 is 2.53 bits per heavy atom. The van der Waals surface area contributed by atoms with E-state index < -0.39 is 16.0 Å². The van der Waals surface area contributed by atoms with Gasteiger partial charge in [0.1, 0.15) is 6.54 Å². The van der Waals surface area contributed by atoms with E-state index in [0.717, 1.165) is 9.87 Å². The van der Waals surface area contributed by atoms with Crippen LogP contribution in [0.5, 0.6) is 0 Å². The number of benzene rings is 1. The highest BCUT2D eigenvalue weighted by Gasteiger charge is 2.18. The number of carbonyl (C=O) groups excluding carboxylic acids is 1. The molecule has 0 spiro atoms. The Morgan fingerprint density at radius 2 is 2.00 bits per heavy atom. The Morgan fingerprint density at radius 1 is 1.37 bits per heavy atom. The third kappa shape index (κ3) is 3.68. The second kappa shape index (κ2) is 6.03. The molecular formula is C12H18N2O4S. The third-order valence-electron chi connectivity index (χ3n) is 2.64. The molecule has 0 fully saturated rings. The number of nitrogens with one attached hydrogen (secondary N) is 1. The third-order valence-corrected chi connectivity index (χ3v) is 4.45. The fraction of sp³-hybridized carbons (Fsp3) is 0.417. The number of sulfonamides is 1. The summed E-state index contributed by atoms with van der Waals surface area (Å²) < 4.78 is 29.7. The van der Waals surface area contributed by atoms with Crippen molar-refractivity contribution in [3.63, 3.8) is 0 Å². The van der Waals surface area contributed by atoms with Gasteiger partial charge >= 0.3 is 5.97 Å². The van der Waals surface area contributed by atoms with Gasteiger partial charge in [-0.25, -0.2) is 12.7 Å². The SMILES string of the molecule is COC(=O)CNc1cc(S(=O)(=O)N(C)C)ccc1C. The lowest BCUT2D eigenvalue weighted by Crippen LogP contribution is -2.22. The molecule has 0 saturated carbocycles. The zero-order chi connectivity index (χ0) is 14.6. The predicted molar refractivity (Wildman–Crippen MR) is 72.6 cm³/mol. The smallest absolute Gasteiger partial charge is 0.325 e. The molecule has 1 N–H and O–H groups in total. The molecule has 0 unspecified atom stereocenters. The van der Waals surface area contributed by atoms with Crippen LogP contribution >= 0.6 is 0 Å². The number of rotatable bonds is 5. The highest BCUT2D eigenvalue weighted by atomic mass is 32.2. The minimum atomic E-state index is -3.48. The van der Waals surface area contributed by atoms with Crippen LogP contribution in [0.15, 0.2) is 23.1 Å². The van der Waals surface area contributed by atoms with E-state index in [4.69, 9.17) is 0 Å². The number of ether oxygens (including phenoxy) is 1. The minimum Gasteiger partial charge on any atom is -0.468 e. The standard InChI is InChI=1S/C12H18N2O4S/c1-9-5-6-10(19(16,17)14(2)3)7-11(9)13-8-12(15)18-4/h5-7,13H,8H2,1-4H3. The van der Waals surface area contributed by atoms with Gasteiger partial charge in [0.25, 0.3) is 0 Å². The Balaban J connectivity index is 3.05. The molecular weight excluding hydrogens is 268 g/mol. The first-order valence-electron chi connectivity index (χ1n) is 5.63. The average Bonchev–Trinajstić information content (AvgIpc) is 2.36. The molecule has 0 aromatic heterocycles. The summed E-state index contributed by atoms with van der Waals surface area (Å²) in [6.07, 6.45) is 0. The number of anilines is 1. The van der Waals surface area contributed by atoms with Gasteiger partial charge in [-0.05, 0) is 24.6 Å². The van der Waals surface area contributed by atoms with Gasteiger partial charge in [-0.2, -0.15) is 0 Å². The molecule has 0 saturated heterocycles. The summed E-state index contributed by atoms with van der Waals surface area (Å²) in [6, 6.07) is 4.73. The molecule has 0 aliphatic heterocycles. The number of hydrogen-bond acceptors (Lipinski definition) is 5. The van der Waals surface area contributed by atoms with Crippen molar-refractivity contribution in [1.29, 1.82) is 0 Å². The molecule has 6 nitrogen and oxygen atoms in total. The van der Waals surface area contributed by atoms with Crippen LogP contribution in [0.4, 0.5) is 5.69 Å². The van der Waals surface area contributed by atoms with Crippen LogP contribution < -0.4 is 5.32 Å². The summed E-state index contributed by atoms with van der Waals surface area (Å²) in [5, 5.41) is 2.86. The van der Waals surface area contributed by atoms with Crippen molar-refractivity contribution >= 4 is 21.7 Å². The van der Waals surface area contributed by atoms with Gasteiger partial charge in [0.2, 0.25) is 10.0 Å². The quantitative estimate of drug-likeness (QED) is 0.811. The van der Waals surface area contributed by atoms with Crippen molar-refractivity contribution < 1.29 is 17.9 Å². The van der Waals surface area contributed by atoms with Crippen molar-refractivity contribution in [2.45, 2.75) is 11.8 Å². The van der Waals surface area contributed by atoms with E-state index in [1.807, 2.05) is 6.92 Å². The summed E-state index contributed by atoms with van der Waals surface area (Å²) in [5.41, 5.74) is 1.44. The first kappa shape index (κ1) is 15.5. The largest absolute Gasteiger partial charge is 0.468 e. The van der Waals surface area contributed by atoms with Crippen LogP contribution in [0.1, 0.15) is 5.56 Å². The van der Waals surface area contributed by atoms with Gasteiger partial charge < -0.3 is 10.1 Å². The van der Waals surface area contributed by atoms with Crippen molar-refractivity contribution in [1.82, 2.24) is 4.31 Å². The number of aryl methyl sites for hydroxylation is 1. The normalized spacial score (nSPS) is 11.4. The molecule has 0 atom stereocenters. The molecule has 7 heteroatoms. The first-order valence-corrected chi connectivity index (χ1v) is 7.07. The highest BCUT2D eigenvalue weighted by molar-refractivity contribution is 7.89. The summed E-state index contributed by atoms with van der Waals surface area (Å²) in [4.78, 5) is 11.3. The molecule has 0 aliphatic carbocycles. The van der Waals surface area contributed by atoms with Crippen molar-refractivity contribution in [2.75, 3.05) is 33.1 Å². The maximum absolute atomic E-state index is 12.0. The molecule has 1 rings (SSSR count). The highest BCUT2D eigenvalue weighted by Crippen LogP contribution is 2.21. The molecule has 0 aliphatic rings. The fourth-order valence-electron chi connectivity index (χ4n) is 1.40. The lowest BCUT2D eigenvalue weighted by atomic mass is 10.2. The molecule has 0 heterocycles. The van der Waals surface area contributed by atoms with Crippen LogP contribution in [0.25, 0.3) is 0 Å². The Hall–Kier alpha value is -1.60. The number of methoxy groups -OCH3 is 1. The van der Waals surface area contributed by atoms with E-state index in [1.54, 1.807) is 6.07 Å². The Bertz CT molecular complexity index is 567. The van der Waals surface area contributed by atoms with Gasteiger partial charge in [0.05, 0.1) is 12.0 Å². The summed E-state index contributed by atoms with van der Waals surface area (Å²) in [6.45, 7) is 1.81. The van der Waals surface area contributed by atoms with Gasteiger partial charge in [-0.3, -0.25) is 4.79 Å². The van der Waals surface area contributed by atoms with Crippen LogP contribution in [0.3, 0.4) is 0 Å². The van der Waals surface area contributed by atoms with Crippen molar-refractivity contribution in [3.05, 3.63) is 23.8 Å². The number of carbonyl (C=O) groups is 1. The minimum absolute atomic E-state index is 0.0111. The van der Waals surface area contributed by atoms with E-state index in [2.05, 4.69) is 10.1 Å². The zero-order valence-electron chi connectivity index (χ0n) is 11.4. The van der Waals surface area contributed by atoms with Gasteiger partial charge in [0, 0.05) is 19.8 Å². The molecule has 0 bridgehead atoms. The predicted octanol–water partition coefficient (Wildman–Crippen LogP) is 0.830. The zero-order valence-corrected chi connectivity index (χ0v) is 12.2. The van der Waals surface area contributed by atoms with E-state index >= 15 is 0 Å². The van der Waals surface area contributed by atoms with Gasteiger partial charge in [0.15, 0.2) is 0 Å². The molecule has 106 valence electrons. The summed E-state index contributed by atoms with van der Waals surface area (Å²) in [7, 11) is 0.750. The second-order valence-electron chi connectivity index (χ2n) is 4.19. The maximum Gasteiger partial charge on any atom is 0.325 e. The molecule has 1 aromatic rings. The molecule has 0 radical (unpaired) electrons. The number of esters is 1. The monoisotopic (exact) mass is 286 g/mol. The number of nitrogens with zero attached hydrogens (tertiary/aromatic N) is 1. The lowest BCUT2D eigenvalue weighted by molar-refractivity contribution is -0.138. The Labute approximate surface area is 113 Å². The van der Waals surface area contributed by atoms with E-state index in [1.165, 1.54) is 33.3 Å². The summed E-state index contributed by atoms with van der Waals surface area (Å²) >= 11 is 0. The van der Waals surface area contributed by atoms with E-state index in [-0.39, 0.29) is 11.4 Å². The van der Waals surface area contributed by atoms with Crippen molar-refractivity contribution in [2.24, 2.45) is 0 Å². The average molecular weight is 286 g/mol. The van der Waals surface area contributed by atoms with Crippen molar-refractivity contribution in [3.8, 4) is 0 Å². The fourth-order valence-corrected chi connectivity index (χ4v) is 2.33. The topological polar surface area (TPSA) is 75.7 Å².